The number of nitrogens with zero attached hydrogens (tertiary/aromatic N) is 3. The maximum atomic E-state index is 13.2. The van der Waals surface area contributed by atoms with Crippen LogP contribution in [0.1, 0.15) is 28.0 Å². The Morgan fingerprint density at radius 1 is 1.10 bits per heavy atom. The molecule has 0 aliphatic carbocycles. The molecule has 2 heterocycles. The number of para-hydroxylation sites is 2. The van der Waals surface area contributed by atoms with Crippen LogP contribution in [0.3, 0.4) is 0 Å². The molecule has 158 valence electrons. The Morgan fingerprint density at radius 3 is 2.61 bits per heavy atom. The first-order valence-electron chi connectivity index (χ1n) is 10.3. The smallest absolute Gasteiger partial charge is 0.259 e. The first kappa shape index (κ1) is 20.6. The van der Waals surface area contributed by atoms with Gasteiger partial charge in [-0.05, 0) is 37.1 Å². The molecular weight excluding hydrogens is 390 g/mol. The maximum absolute atomic E-state index is 13.2. The average Bonchev–Trinajstić information content (AvgIpc) is 2.83. The molecular formula is C25H25N3O3. The molecule has 0 saturated carbocycles. The van der Waals surface area contributed by atoms with E-state index in [9.17, 15) is 9.59 Å². The van der Waals surface area contributed by atoms with Crippen molar-refractivity contribution in [3.63, 3.8) is 0 Å². The molecule has 1 aliphatic heterocycles. The van der Waals surface area contributed by atoms with Crippen LogP contribution in [0.15, 0.2) is 66.9 Å². The highest BCUT2D eigenvalue weighted by molar-refractivity contribution is 6.07. The summed E-state index contributed by atoms with van der Waals surface area (Å²) in [5.74, 6) is 0.497. The van der Waals surface area contributed by atoms with Crippen LogP contribution in [0, 0.1) is 0 Å². The molecule has 0 saturated heterocycles. The summed E-state index contributed by atoms with van der Waals surface area (Å²) in [6.45, 7) is 0.606. The van der Waals surface area contributed by atoms with E-state index in [1.807, 2.05) is 54.6 Å². The van der Waals surface area contributed by atoms with Crippen LogP contribution >= 0.6 is 0 Å². The van der Waals surface area contributed by atoms with Crippen molar-refractivity contribution in [2.75, 3.05) is 30.5 Å². The van der Waals surface area contributed by atoms with Gasteiger partial charge in [0.15, 0.2) is 0 Å². The Labute approximate surface area is 182 Å². The fourth-order valence-corrected chi connectivity index (χ4v) is 3.88. The van der Waals surface area contributed by atoms with Crippen LogP contribution < -0.4 is 14.5 Å². The Morgan fingerprint density at radius 2 is 1.84 bits per heavy atom. The van der Waals surface area contributed by atoms with Crippen molar-refractivity contribution < 1.29 is 14.3 Å². The summed E-state index contributed by atoms with van der Waals surface area (Å²) < 4.78 is 5.39. The molecule has 0 unspecified atom stereocenters. The fraction of sp³-hybridized carbons (Fsp3) is 0.240. The van der Waals surface area contributed by atoms with Crippen molar-refractivity contribution in [3.8, 4) is 5.75 Å². The van der Waals surface area contributed by atoms with Crippen LogP contribution in [-0.4, -0.2) is 37.5 Å². The zero-order valence-electron chi connectivity index (χ0n) is 17.7. The SMILES string of the molecule is COc1ccccc1CC(=O)N1CCCc2ncc(C(=O)N(C)c3ccccc3)cc21. The number of methoxy groups -OCH3 is 1. The molecule has 6 heteroatoms. The highest BCUT2D eigenvalue weighted by Crippen LogP contribution is 2.29. The molecule has 1 aromatic heterocycles. The van der Waals surface area contributed by atoms with Crippen molar-refractivity contribution >= 4 is 23.2 Å². The van der Waals surface area contributed by atoms with E-state index < -0.39 is 0 Å². The van der Waals surface area contributed by atoms with Gasteiger partial charge in [0.05, 0.1) is 30.5 Å². The zero-order valence-corrected chi connectivity index (χ0v) is 17.7. The lowest BCUT2D eigenvalue weighted by atomic mass is 10.0. The van der Waals surface area contributed by atoms with Gasteiger partial charge < -0.3 is 14.5 Å². The Balaban J connectivity index is 1.60. The predicted molar refractivity (Wildman–Crippen MR) is 121 cm³/mol. The van der Waals surface area contributed by atoms with Gasteiger partial charge in [-0.25, -0.2) is 0 Å². The molecule has 2 amide bonds. The molecule has 1 aliphatic rings. The summed E-state index contributed by atoms with van der Waals surface area (Å²) in [7, 11) is 3.34. The number of amides is 2. The number of carbonyl (C=O) groups excluding carboxylic acids is 2. The quantitative estimate of drug-likeness (QED) is 0.634. The first-order valence-corrected chi connectivity index (χ1v) is 10.3. The molecule has 0 fully saturated rings. The lowest BCUT2D eigenvalue weighted by Crippen LogP contribution is -2.37. The van der Waals surface area contributed by atoms with E-state index in [2.05, 4.69) is 4.98 Å². The van der Waals surface area contributed by atoms with Crippen molar-refractivity contribution in [3.05, 3.63) is 83.7 Å². The maximum Gasteiger partial charge on any atom is 0.259 e. The van der Waals surface area contributed by atoms with Gasteiger partial charge in [-0.2, -0.15) is 0 Å². The Kier molecular flexibility index (Phi) is 5.98. The third-order valence-corrected chi connectivity index (χ3v) is 5.56. The van der Waals surface area contributed by atoms with Crippen LogP contribution in [-0.2, 0) is 17.6 Å². The van der Waals surface area contributed by atoms with Crippen LogP contribution in [0.25, 0.3) is 0 Å². The van der Waals surface area contributed by atoms with Gasteiger partial charge in [-0.3, -0.25) is 14.6 Å². The number of anilines is 2. The van der Waals surface area contributed by atoms with Crippen LogP contribution in [0.2, 0.25) is 0 Å². The number of carbonyl (C=O) groups is 2. The molecule has 0 atom stereocenters. The molecule has 0 spiro atoms. The van der Waals surface area contributed by atoms with Crippen molar-refractivity contribution in [2.45, 2.75) is 19.3 Å². The minimum atomic E-state index is -0.163. The third kappa shape index (κ3) is 4.28. The van der Waals surface area contributed by atoms with Gasteiger partial charge in [0.25, 0.3) is 5.91 Å². The number of fused-ring (bicyclic) bond motifs is 1. The summed E-state index contributed by atoms with van der Waals surface area (Å²) in [6, 6.07) is 18.8. The Hall–Kier alpha value is -3.67. The first-order chi connectivity index (χ1) is 15.1. The van der Waals surface area contributed by atoms with Crippen LogP contribution in [0.5, 0.6) is 5.75 Å². The van der Waals surface area contributed by atoms with Crippen LogP contribution in [0.4, 0.5) is 11.4 Å². The van der Waals surface area contributed by atoms with Gasteiger partial charge in [0, 0.05) is 31.0 Å². The minimum Gasteiger partial charge on any atom is -0.496 e. The summed E-state index contributed by atoms with van der Waals surface area (Å²) in [5, 5.41) is 0. The molecule has 2 aromatic carbocycles. The van der Waals surface area contributed by atoms with Gasteiger partial charge in [-0.1, -0.05) is 36.4 Å². The summed E-state index contributed by atoms with van der Waals surface area (Å²) in [6.07, 6.45) is 3.46. The number of aryl methyl sites for hydroxylation is 1. The predicted octanol–water partition coefficient (Wildman–Crippen LogP) is 3.89. The minimum absolute atomic E-state index is 0.0340. The molecule has 0 bridgehead atoms. The second kappa shape index (κ2) is 9.00. The number of ether oxygens (including phenoxy) is 1. The molecule has 0 N–H and O–H groups in total. The monoisotopic (exact) mass is 415 g/mol. The number of pyridine rings is 1. The van der Waals surface area contributed by atoms with E-state index in [0.29, 0.717) is 17.9 Å². The van der Waals surface area contributed by atoms with Gasteiger partial charge in [-0.15, -0.1) is 0 Å². The molecule has 4 rings (SSSR count). The highest BCUT2D eigenvalue weighted by atomic mass is 16.5. The summed E-state index contributed by atoms with van der Waals surface area (Å²) in [5.41, 5.74) is 3.67. The van der Waals surface area contributed by atoms with E-state index in [1.165, 1.54) is 0 Å². The Bertz CT molecular complexity index is 1100. The summed E-state index contributed by atoms with van der Waals surface area (Å²) >= 11 is 0. The van der Waals surface area contributed by atoms with E-state index in [0.717, 1.165) is 35.5 Å². The number of rotatable bonds is 5. The highest BCUT2D eigenvalue weighted by Gasteiger charge is 2.26. The fourth-order valence-electron chi connectivity index (χ4n) is 3.88. The largest absolute Gasteiger partial charge is 0.496 e. The normalized spacial score (nSPS) is 12.8. The topological polar surface area (TPSA) is 62.7 Å². The second-order valence-electron chi connectivity index (χ2n) is 7.53. The molecule has 6 nitrogen and oxygen atoms in total. The average molecular weight is 415 g/mol. The van der Waals surface area contributed by atoms with Gasteiger partial charge in [0.2, 0.25) is 5.91 Å². The summed E-state index contributed by atoms with van der Waals surface area (Å²) in [4.78, 5) is 34.1. The van der Waals surface area contributed by atoms with Gasteiger partial charge >= 0.3 is 0 Å². The van der Waals surface area contributed by atoms with Gasteiger partial charge in [0.1, 0.15) is 5.75 Å². The number of hydrogen-bond acceptors (Lipinski definition) is 4. The number of aromatic nitrogens is 1. The van der Waals surface area contributed by atoms with Crippen molar-refractivity contribution in [2.24, 2.45) is 0 Å². The molecule has 31 heavy (non-hydrogen) atoms. The lowest BCUT2D eigenvalue weighted by molar-refractivity contribution is -0.118. The number of benzene rings is 2. The zero-order chi connectivity index (χ0) is 21.8. The standard InChI is InChI=1S/C25H25N3O3/c1-27(20-10-4-3-5-11-20)25(30)19-15-22-21(26-17-19)12-8-14-28(22)24(29)16-18-9-6-7-13-23(18)31-2/h3-7,9-11,13,15,17H,8,12,14,16H2,1-2H3. The lowest BCUT2D eigenvalue weighted by Gasteiger charge is -2.29. The molecule has 3 aromatic rings. The second-order valence-corrected chi connectivity index (χ2v) is 7.53. The van der Waals surface area contributed by atoms with E-state index >= 15 is 0 Å². The van der Waals surface area contributed by atoms with E-state index in [1.54, 1.807) is 36.2 Å². The number of hydrogen-bond donors (Lipinski definition) is 0. The van der Waals surface area contributed by atoms with E-state index in [4.69, 9.17) is 4.74 Å². The molecule has 0 radical (unpaired) electrons. The van der Waals surface area contributed by atoms with Crippen molar-refractivity contribution in [1.29, 1.82) is 0 Å². The third-order valence-electron chi connectivity index (χ3n) is 5.56. The van der Waals surface area contributed by atoms with Crippen molar-refractivity contribution in [1.82, 2.24) is 4.98 Å². The van der Waals surface area contributed by atoms with E-state index in [-0.39, 0.29) is 18.2 Å².